The van der Waals surface area contributed by atoms with Crippen molar-refractivity contribution in [3.8, 4) is 0 Å². The van der Waals surface area contributed by atoms with E-state index in [1.165, 1.54) is 0 Å². The Bertz CT molecular complexity index is 899. The number of hydrogen-bond donors (Lipinski definition) is 2. The van der Waals surface area contributed by atoms with Gasteiger partial charge < -0.3 is 11.5 Å². The largest absolute Gasteiger partial charge is 0.458 e. The van der Waals surface area contributed by atoms with Gasteiger partial charge in [0, 0.05) is 23.4 Å². The summed E-state index contributed by atoms with van der Waals surface area (Å²) in [5, 5.41) is 0. The average Bonchev–Trinajstić information content (AvgIpc) is 2.64. The van der Waals surface area contributed by atoms with E-state index in [0.29, 0.717) is 24.1 Å². The molecule has 4 N–H and O–H groups in total. The third kappa shape index (κ3) is 7.94. The molecule has 2 rings (SSSR count). The number of carbonyl (C=O) groups excluding carboxylic acids is 3. The summed E-state index contributed by atoms with van der Waals surface area (Å²) in [6.07, 6.45) is -10.4. The van der Waals surface area contributed by atoms with E-state index >= 15 is 0 Å². The van der Waals surface area contributed by atoms with Gasteiger partial charge in [0.15, 0.2) is 5.78 Å². The maximum atomic E-state index is 12.0. The van der Waals surface area contributed by atoms with E-state index in [-0.39, 0.29) is 5.78 Å². The highest BCUT2D eigenvalue weighted by Crippen LogP contribution is 2.24. The van der Waals surface area contributed by atoms with Gasteiger partial charge in [-0.15, -0.1) is 0 Å². The molecule has 0 aliphatic carbocycles. The molecule has 0 aromatic heterocycles. The monoisotopic (exact) mass is 434 g/mol. The van der Waals surface area contributed by atoms with Gasteiger partial charge in [-0.25, -0.2) is 0 Å². The van der Waals surface area contributed by atoms with Crippen molar-refractivity contribution < 1.29 is 40.7 Å². The van der Waals surface area contributed by atoms with Crippen LogP contribution in [0.15, 0.2) is 48.5 Å². The molecular weight excluding hydrogens is 418 g/mol. The van der Waals surface area contributed by atoms with Crippen LogP contribution in [0.5, 0.6) is 0 Å². The third-order valence-corrected chi connectivity index (χ3v) is 3.52. The highest BCUT2D eigenvalue weighted by atomic mass is 19.4. The molecule has 0 aliphatic rings. The summed E-state index contributed by atoms with van der Waals surface area (Å²) in [7, 11) is 0. The number of carbonyl (C=O) groups is 3. The fraction of sp³-hybridized carbons (Fsp3) is 0.211. The van der Waals surface area contributed by atoms with E-state index in [1.807, 2.05) is 24.3 Å². The van der Waals surface area contributed by atoms with Gasteiger partial charge in [0.25, 0.3) is 0 Å². The van der Waals surface area contributed by atoms with Crippen LogP contribution < -0.4 is 11.5 Å². The number of hydrogen-bond acceptors (Lipinski definition) is 5. The van der Waals surface area contributed by atoms with Crippen LogP contribution in [0, 0.1) is 0 Å². The van der Waals surface area contributed by atoms with E-state index in [2.05, 4.69) is 0 Å². The molecule has 0 amide bonds. The van der Waals surface area contributed by atoms with Crippen molar-refractivity contribution in [2.75, 3.05) is 11.5 Å². The highest BCUT2D eigenvalue weighted by Gasteiger charge is 2.54. The predicted molar refractivity (Wildman–Crippen MR) is 96.5 cm³/mol. The van der Waals surface area contributed by atoms with Gasteiger partial charge in [0.2, 0.25) is 0 Å². The summed E-state index contributed by atoms with van der Waals surface area (Å²) in [5.74, 6) is -6.71. The summed E-state index contributed by atoms with van der Waals surface area (Å²) in [6, 6.07) is 14.7. The maximum Gasteiger partial charge on any atom is 0.458 e. The minimum Gasteiger partial charge on any atom is -0.399 e. The van der Waals surface area contributed by atoms with Gasteiger partial charge in [-0.1, -0.05) is 24.3 Å². The van der Waals surface area contributed by atoms with Gasteiger partial charge in [-0.2, -0.15) is 26.3 Å². The summed E-state index contributed by atoms with van der Waals surface area (Å²) in [6.45, 7) is 0. The van der Waals surface area contributed by atoms with Crippen LogP contribution in [-0.4, -0.2) is 29.7 Å². The molecule has 2 aromatic carbocycles. The number of alkyl halides is 6. The molecule has 0 radical (unpaired) electrons. The maximum absolute atomic E-state index is 12.0. The molecular formula is C19H16F6N2O3. The lowest BCUT2D eigenvalue weighted by Crippen LogP contribution is -2.39. The first-order valence-corrected chi connectivity index (χ1v) is 8.17. The van der Waals surface area contributed by atoms with Crippen molar-refractivity contribution >= 4 is 28.7 Å². The lowest BCUT2D eigenvalue weighted by Gasteiger charge is -2.05. The second kappa shape index (κ2) is 9.90. The number of ketones is 3. The van der Waals surface area contributed by atoms with E-state index in [1.54, 1.807) is 24.3 Å². The van der Waals surface area contributed by atoms with E-state index in [9.17, 15) is 40.7 Å². The molecule has 11 heteroatoms. The molecule has 162 valence electrons. The van der Waals surface area contributed by atoms with E-state index < -0.39 is 23.9 Å². The summed E-state index contributed by atoms with van der Waals surface area (Å²) in [5.41, 5.74) is 14.4. The van der Waals surface area contributed by atoms with Crippen LogP contribution in [0.2, 0.25) is 0 Å². The van der Waals surface area contributed by atoms with Crippen molar-refractivity contribution in [2.45, 2.75) is 25.2 Å². The van der Waals surface area contributed by atoms with Crippen LogP contribution in [-0.2, 0) is 16.0 Å². The number of rotatable bonds is 5. The van der Waals surface area contributed by atoms with Crippen LogP contribution in [0.4, 0.5) is 37.7 Å². The zero-order chi connectivity index (χ0) is 23.1. The minimum absolute atomic E-state index is 0.102. The first-order valence-electron chi connectivity index (χ1n) is 8.17. The lowest BCUT2D eigenvalue weighted by molar-refractivity contribution is -0.193. The Balaban J connectivity index is 0.000000329. The van der Waals surface area contributed by atoms with Crippen molar-refractivity contribution in [3.05, 3.63) is 59.7 Å². The van der Waals surface area contributed by atoms with Gasteiger partial charge in [-0.3, -0.25) is 14.4 Å². The predicted octanol–water partition coefficient (Wildman–Crippen LogP) is 3.92. The standard InChI is InChI=1S/C15H16N2O.C4F6O2/c16-13-5-1-3-11(9-13)7-8-15(18)12-4-2-6-14(17)10-12;5-3(6,7)1(11)2(12)4(8,9)10/h1-6,9-10H,7-8,16-17H2;. The van der Waals surface area contributed by atoms with Gasteiger partial charge in [0.05, 0.1) is 0 Å². The Morgan fingerprint density at radius 3 is 1.63 bits per heavy atom. The molecule has 0 saturated heterocycles. The molecule has 2 aromatic rings. The van der Waals surface area contributed by atoms with Crippen molar-refractivity contribution in [1.82, 2.24) is 0 Å². The lowest BCUT2D eigenvalue weighted by atomic mass is 10.0. The molecule has 0 atom stereocenters. The van der Waals surface area contributed by atoms with Crippen LogP contribution in [0.3, 0.4) is 0 Å². The van der Waals surface area contributed by atoms with E-state index in [0.717, 1.165) is 11.3 Å². The minimum atomic E-state index is -5.77. The van der Waals surface area contributed by atoms with E-state index in [4.69, 9.17) is 11.5 Å². The molecule has 0 unspecified atom stereocenters. The fourth-order valence-electron chi connectivity index (χ4n) is 2.12. The number of benzene rings is 2. The van der Waals surface area contributed by atoms with Crippen LogP contribution in [0.1, 0.15) is 22.3 Å². The molecule has 0 fully saturated rings. The SMILES string of the molecule is Nc1cccc(CCC(=O)c2cccc(N)c2)c1.O=C(C(=O)C(F)(F)F)C(F)(F)F. The molecule has 0 bridgehead atoms. The van der Waals surface area contributed by atoms with Gasteiger partial charge >= 0.3 is 23.9 Å². The van der Waals surface area contributed by atoms with Gasteiger partial charge in [-0.05, 0) is 36.2 Å². The Kier molecular flexibility index (Phi) is 8.14. The number of nitrogens with two attached hydrogens (primary N) is 2. The number of aryl methyl sites for hydroxylation is 1. The zero-order valence-corrected chi connectivity index (χ0v) is 15.2. The van der Waals surface area contributed by atoms with Crippen LogP contribution >= 0.6 is 0 Å². The second-order valence-corrected chi connectivity index (χ2v) is 5.95. The molecule has 0 aliphatic heterocycles. The number of nitrogen functional groups attached to an aromatic ring is 2. The summed E-state index contributed by atoms with van der Waals surface area (Å²) >= 11 is 0. The number of halogens is 6. The fourth-order valence-corrected chi connectivity index (χ4v) is 2.12. The van der Waals surface area contributed by atoms with Gasteiger partial charge in [0.1, 0.15) is 0 Å². The second-order valence-electron chi connectivity index (χ2n) is 5.95. The molecule has 0 heterocycles. The first kappa shape index (κ1) is 24.7. The number of anilines is 2. The normalized spacial score (nSPS) is 11.3. The summed E-state index contributed by atoms with van der Waals surface area (Å²) in [4.78, 5) is 31.2. The molecule has 0 spiro atoms. The Labute approximate surface area is 166 Å². The Morgan fingerprint density at radius 1 is 0.733 bits per heavy atom. The van der Waals surface area contributed by atoms with Crippen molar-refractivity contribution in [3.63, 3.8) is 0 Å². The zero-order valence-electron chi connectivity index (χ0n) is 15.2. The third-order valence-electron chi connectivity index (χ3n) is 3.52. The Hall–Kier alpha value is -3.37. The average molecular weight is 434 g/mol. The molecule has 30 heavy (non-hydrogen) atoms. The quantitative estimate of drug-likeness (QED) is 0.321. The first-order chi connectivity index (χ1) is 13.7. The molecule has 0 saturated carbocycles. The smallest absolute Gasteiger partial charge is 0.399 e. The number of Topliss-reactive ketones (excluding diaryl/α,β-unsaturated/α-hetero) is 3. The topological polar surface area (TPSA) is 103 Å². The molecule has 5 nitrogen and oxygen atoms in total. The highest BCUT2D eigenvalue weighted by molar-refractivity contribution is 6.41. The van der Waals surface area contributed by atoms with Crippen LogP contribution in [0.25, 0.3) is 0 Å². The van der Waals surface area contributed by atoms with Crippen molar-refractivity contribution in [2.24, 2.45) is 0 Å². The van der Waals surface area contributed by atoms with Crippen molar-refractivity contribution in [1.29, 1.82) is 0 Å². The summed E-state index contributed by atoms with van der Waals surface area (Å²) < 4.78 is 67.0. The Morgan fingerprint density at radius 2 is 1.20 bits per heavy atom.